The zero-order chi connectivity index (χ0) is 14.7. The van der Waals surface area contributed by atoms with Gasteiger partial charge < -0.3 is 0 Å². The average molecular weight is 294 g/mol. The summed E-state index contributed by atoms with van der Waals surface area (Å²) in [6, 6.07) is 4.74. The van der Waals surface area contributed by atoms with Crippen molar-refractivity contribution in [3.63, 3.8) is 0 Å². The van der Waals surface area contributed by atoms with Gasteiger partial charge in [-0.05, 0) is 30.2 Å². The molecule has 1 aromatic rings. The summed E-state index contributed by atoms with van der Waals surface area (Å²) < 4.78 is 0. The summed E-state index contributed by atoms with van der Waals surface area (Å²) in [6.45, 7) is 1.69. The monoisotopic (exact) mass is 293 g/mol. The lowest BCUT2D eigenvalue weighted by molar-refractivity contribution is -0.121. The van der Waals surface area contributed by atoms with E-state index in [0.29, 0.717) is 5.02 Å². The van der Waals surface area contributed by atoms with Crippen molar-refractivity contribution in [2.24, 2.45) is 0 Å². The predicted molar refractivity (Wildman–Crippen MR) is 73.6 cm³/mol. The van der Waals surface area contributed by atoms with Crippen LogP contribution >= 0.6 is 11.6 Å². The van der Waals surface area contributed by atoms with Crippen molar-refractivity contribution >= 4 is 35.5 Å². The van der Waals surface area contributed by atoms with Crippen LogP contribution in [0.1, 0.15) is 11.1 Å². The summed E-state index contributed by atoms with van der Waals surface area (Å²) >= 11 is 5.97. The highest BCUT2D eigenvalue weighted by Crippen LogP contribution is 2.17. The van der Waals surface area contributed by atoms with Gasteiger partial charge in [0.2, 0.25) is 5.91 Å². The number of imide groups is 1. The summed E-state index contributed by atoms with van der Waals surface area (Å²) in [6.07, 6.45) is 2.83. The number of rotatable bonds is 3. The summed E-state index contributed by atoms with van der Waals surface area (Å²) in [5.41, 5.74) is 4.00. The van der Waals surface area contributed by atoms with E-state index in [-0.39, 0.29) is 6.54 Å². The van der Waals surface area contributed by atoms with E-state index in [4.69, 9.17) is 11.6 Å². The van der Waals surface area contributed by atoms with Gasteiger partial charge in [0.25, 0.3) is 5.91 Å². The van der Waals surface area contributed by atoms with E-state index in [1.54, 1.807) is 12.1 Å². The van der Waals surface area contributed by atoms with E-state index in [2.05, 4.69) is 10.7 Å². The van der Waals surface area contributed by atoms with Crippen LogP contribution in [0, 0.1) is 6.92 Å². The summed E-state index contributed by atoms with van der Waals surface area (Å²) in [4.78, 5) is 33.8. The molecule has 0 radical (unpaired) electrons. The van der Waals surface area contributed by atoms with E-state index < -0.39 is 17.8 Å². The molecule has 1 aliphatic heterocycles. The molecule has 1 fully saturated rings. The third kappa shape index (κ3) is 3.36. The molecule has 0 aliphatic carbocycles. The second-order valence-corrected chi connectivity index (χ2v) is 4.66. The van der Waals surface area contributed by atoms with Crippen LogP contribution in [0.4, 0.5) is 4.79 Å². The van der Waals surface area contributed by atoms with Gasteiger partial charge in [0.15, 0.2) is 0 Å². The number of carbonyl (C=O) groups is 3. The molecule has 2 N–H and O–H groups in total. The molecule has 1 heterocycles. The first-order valence-electron chi connectivity index (χ1n) is 5.82. The zero-order valence-corrected chi connectivity index (χ0v) is 11.4. The average Bonchev–Trinajstić information content (AvgIpc) is 2.69. The maximum absolute atomic E-state index is 11.6. The lowest BCUT2D eigenvalue weighted by Crippen LogP contribution is -2.43. The van der Waals surface area contributed by atoms with Crippen LogP contribution < -0.4 is 10.7 Å². The molecular formula is C13H12ClN3O3. The summed E-state index contributed by atoms with van der Waals surface area (Å²) in [5, 5.41) is 3.57. The SMILES string of the molecule is Cc1ccc(C=CC(=O)NN2CC(=O)NC2=O)cc1Cl. The molecule has 1 saturated heterocycles. The third-order valence-corrected chi connectivity index (χ3v) is 3.07. The highest BCUT2D eigenvalue weighted by atomic mass is 35.5. The number of hydrogen-bond donors (Lipinski definition) is 2. The number of urea groups is 1. The van der Waals surface area contributed by atoms with Gasteiger partial charge in [-0.3, -0.25) is 20.3 Å². The number of aryl methyl sites for hydroxylation is 1. The van der Waals surface area contributed by atoms with Crippen LogP contribution in [-0.2, 0) is 9.59 Å². The number of halogens is 1. The number of amides is 4. The molecule has 0 saturated carbocycles. The fourth-order valence-corrected chi connectivity index (χ4v) is 1.78. The Kier molecular flexibility index (Phi) is 4.05. The normalized spacial score (nSPS) is 14.8. The maximum atomic E-state index is 11.6. The number of carbonyl (C=O) groups excluding carboxylic acids is 3. The molecule has 0 atom stereocenters. The summed E-state index contributed by atoms with van der Waals surface area (Å²) in [5.74, 6) is -0.962. The van der Waals surface area contributed by atoms with Crippen molar-refractivity contribution < 1.29 is 14.4 Å². The topological polar surface area (TPSA) is 78.5 Å². The molecule has 0 bridgehead atoms. The van der Waals surface area contributed by atoms with Crippen LogP contribution in [0.2, 0.25) is 5.02 Å². The fourth-order valence-electron chi connectivity index (χ4n) is 1.59. The molecule has 6 nitrogen and oxygen atoms in total. The molecule has 0 aromatic heterocycles. The van der Waals surface area contributed by atoms with Crippen LogP contribution in [0.3, 0.4) is 0 Å². The van der Waals surface area contributed by atoms with Crippen molar-refractivity contribution in [3.8, 4) is 0 Å². The number of nitrogens with one attached hydrogen (secondary N) is 2. The second-order valence-electron chi connectivity index (χ2n) is 4.26. The van der Waals surface area contributed by atoms with Crippen LogP contribution in [0.5, 0.6) is 0 Å². The van der Waals surface area contributed by atoms with Crippen LogP contribution in [-0.4, -0.2) is 29.4 Å². The van der Waals surface area contributed by atoms with Gasteiger partial charge in [-0.25, -0.2) is 9.80 Å². The van der Waals surface area contributed by atoms with Crippen molar-refractivity contribution in [3.05, 3.63) is 40.4 Å². The van der Waals surface area contributed by atoms with E-state index >= 15 is 0 Å². The summed E-state index contributed by atoms with van der Waals surface area (Å²) in [7, 11) is 0. The highest BCUT2D eigenvalue weighted by Gasteiger charge is 2.27. The highest BCUT2D eigenvalue weighted by molar-refractivity contribution is 6.31. The van der Waals surface area contributed by atoms with Gasteiger partial charge >= 0.3 is 6.03 Å². The van der Waals surface area contributed by atoms with E-state index in [1.165, 1.54) is 6.08 Å². The Morgan fingerprint density at radius 1 is 1.45 bits per heavy atom. The minimum atomic E-state index is -0.643. The van der Waals surface area contributed by atoms with Gasteiger partial charge in [-0.1, -0.05) is 23.7 Å². The van der Waals surface area contributed by atoms with Crippen LogP contribution in [0.25, 0.3) is 6.08 Å². The smallest absolute Gasteiger partial charge is 0.275 e. The van der Waals surface area contributed by atoms with Gasteiger partial charge in [0, 0.05) is 11.1 Å². The lowest BCUT2D eigenvalue weighted by atomic mass is 10.1. The molecule has 1 aliphatic rings. The van der Waals surface area contributed by atoms with Crippen molar-refractivity contribution in [2.45, 2.75) is 6.92 Å². The second kappa shape index (κ2) is 5.75. The number of nitrogens with zero attached hydrogens (tertiary/aromatic N) is 1. The first kappa shape index (κ1) is 14.1. The molecule has 1 aromatic carbocycles. The van der Waals surface area contributed by atoms with E-state index in [9.17, 15) is 14.4 Å². The van der Waals surface area contributed by atoms with Gasteiger partial charge in [-0.15, -0.1) is 0 Å². The molecule has 2 rings (SSSR count). The fraction of sp³-hybridized carbons (Fsp3) is 0.154. The minimum Gasteiger partial charge on any atom is -0.275 e. The van der Waals surface area contributed by atoms with Crippen molar-refractivity contribution in [1.29, 1.82) is 0 Å². The molecule has 7 heteroatoms. The van der Waals surface area contributed by atoms with Crippen molar-refractivity contribution in [2.75, 3.05) is 6.54 Å². The Bertz CT molecular complexity index is 613. The molecule has 20 heavy (non-hydrogen) atoms. The Labute approximate surface area is 120 Å². The Morgan fingerprint density at radius 2 is 2.20 bits per heavy atom. The molecular weight excluding hydrogens is 282 g/mol. The Hall–Kier alpha value is -2.34. The lowest BCUT2D eigenvalue weighted by Gasteiger charge is -2.12. The number of hydrogen-bond acceptors (Lipinski definition) is 3. The minimum absolute atomic E-state index is 0.186. The largest absolute Gasteiger partial charge is 0.343 e. The molecule has 104 valence electrons. The Morgan fingerprint density at radius 3 is 2.80 bits per heavy atom. The van der Waals surface area contributed by atoms with Gasteiger partial charge in [-0.2, -0.15) is 0 Å². The van der Waals surface area contributed by atoms with Gasteiger partial charge in [0.1, 0.15) is 6.54 Å². The van der Waals surface area contributed by atoms with Crippen molar-refractivity contribution in [1.82, 2.24) is 15.8 Å². The first-order chi connectivity index (χ1) is 9.45. The molecule has 0 unspecified atom stereocenters. The number of benzene rings is 1. The number of hydrazine groups is 1. The standard InChI is InChI=1S/C13H12ClN3O3/c1-8-2-3-9(6-10(8)14)4-5-11(18)16-17-7-12(19)15-13(17)20/h2-6H,7H2,1H3,(H,16,18)(H,15,19,20). The molecule has 4 amide bonds. The maximum Gasteiger partial charge on any atom is 0.343 e. The van der Waals surface area contributed by atoms with Crippen LogP contribution in [0.15, 0.2) is 24.3 Å². The zero-order valence-electron chi connectivity index (χ0n) is 10.6. The van der Waals surface area contributed by atoms with E-state index in [0.717, 1.165) is 16.1 Å². The predicted octanol–water partition coefficient (Wildman–Crippen LogP) is 1.24. The van der Waals surface area contributed by atoms with Gasteiger partial charge in [0.05, 0.1) is 0 Å². The molecule has 0 spiro atoms. The quantitative estimate of drug-likeness (QED) is 0.650. The van der Waals surface area contributed by atoms with E-state index in [1.807, 2.05) is 19.1 Å². The first-order valence-corrected chi connectivity index (χ1v) is 6.20. The Balaban J connectivity index is 1.97. The third-order valence-electron chi connectivity index (χ3n) is 2.66.